The summed E-state index contributed by atoms with van der Waals surface area (Å²) in [5, 5.41) is 13.3. The number of nitrogens with one attached hydrogen (secondary N) is 1. The number of carbonyl (C=O) groups excluding carboxylic acids is 3. The smallest absolute Gasteiger partial charge is 0.345 e. The Labute approximate surface area is 158 Å². The summed E-state index contributed by atoms with van der Waals surface area (Å²) in [7, 11) is 0. The number of ether oxygens (including phenoxy) is 3. The topological polar surface area (TPSA) is 134 Å². The molecule has 0 aliphatic carbocycles. The Morgan fingerprint density at radius 1 is 1.07 bits per heavy atom. The van der Waals surface area contributed by atoms with E-state index < -0.39 is 40.6 Å². The highest BCUT2D eigenvalue weighted by atomic mass is 16.6. The Morgan fingerprint density at radius 2 is 1.71 bits per heavy atom. The summed E-state index contributed by atoms with van der Waals surface area (Å²) >= 11 is 0. The van der Waals surface area contributed by atoms with Gasteiger partial charge in [0.05, 0.1) is 11.0 Å². The van der Waals surface area contributed by atoms with E-state index in [1.54, 1.807) is 18.2 Å². The number of nitrogens with zero attached hydrogens (tertiary/aromatic N) is 1. The highest BCUT2D eigenvalue weighted by Crippen LogP contribution is 2.36. The first-order chi connectivity index (χ1) is 13.5. The fraction of sp³-hybridized carbons (Fsp3) is 0.167. The van der Waals surface area contributed by atoms with Crippen molar-refractivity contribution in [2.24, 2.45) is 0 Å². The number of hydrogen-bond acceptors (Lipinski definition) is 8. The van der Waals surface area contributed by atoms with Gasteiger partial charge in [-0.1, -0.05) is 18.2 Å². The molecule has 3 rings (SSSR count). The maximum absolute atomic E-state index is 12.2. The number of benzene rings is 2. The molecule has 2 aromatic rings. The second-order valence-corrected chi connectivity index (χ2v) is 5.59. The van der Waals surface area contributed by atoms with Gasteiger partial charge in [-0.25, -0.2) is 4.79 Å². The van der Waals surface area contributed by atoms with E-state index in [9.17, 15) is 24.5 Å². The van der Waals surface area contributed by atoms with Gasteiger partial charge in [-0.3, -0.25) is 25.0 Å². The van der Waals surface area contributed by atoms with Crippen molar-refractivity contribution in [3.63, 3.8) is 0 Å². The van der Waals surface area contributed by atoms with Crippen LogP contribution >= 0.6 is 0 Å². The first-order valence-corrected chi connectivity index (χ1v) is 8.10. The van der Waals surface area contributed by atoms with Crippen molar-refractivity contribution in [3.8, 4) is 11.5 Å². The highest BCUT2D eigenvalue weighted by molar-refractivity contribution is 6.05. The molecular weight excluding hydrogens is 372 g/mol. The summed E-state index contributed by atoms with van der Waals surface area (Å²) in [5.41, 5.74) is -0.684. The summed E-state index contributed by atoms with van der Waals surface area (Å²) in [6.45, 7) is -0.337. The second-order valence-electron chi connectivity index (χ2n) is 5.59. The number of amides is 2. The van der Waals surface area contributed by atoms with E-state index in [1.807, 2.05) is 0 Å². The number of hydrogen-bond donors (Lipinski definition) is 1. The molecule has 10 nitrogen and oxygen atoms in total. The van der Waals surface area contributed by atoms with E-state index in [4.69, 9.17) is 14.2 Å². The number of esters is 1. The van der Waals surface area contributed by atoms with Crippen LogP contribution in [0.2, 0.25) is 0 Å². The third-order valence-electron chi connectivity index (χ3n) is 3.70. The Hall–Kier alpha value is -3.95. The minimum absolute atomic E-state index is 0.140. The lowest BCUT2D eigenvalue weighted by Crippen LogP contribution is -2.34. The molecule has 0 atom stereocenters. The summed E-state index contributed by atoms with van der Waals surface area (Å²) in [6.07, 6.45) is 0. The maximum atomic E-state index is 12.2. The molecule has 1 aliphatic heterocycles. The van der Waals surface area contributed by atoms with Crippen molar-refractivity contribution in [3.05, 3.63) is 63.7 Å². The standard InChI is InChI=1S/C18H14N2O8/c21-16(19-17(22)11-4-2-1-3-5-11)10-28-18(23)12-8-14-15(27-7-6-26-14)9-13(12)20(24)25/h1-5,8-9H,6-7,10H2,(H,19,21,22). The second kappa shape index (κ2) is 8.16. The van der Waals surface area contributed by atoms with E-state index in [1.165, 1.54) is 12.1 Å². The molecule has 1 aliphatic rings. The molecule has 10 heteroatoms. The van der Waals surface area contributed by atoms with Crippen LogP contribution in [0.15, 0.2) is 42.5 Å². The van der Waals surface area contributed by atoms with Gasteiger partial charge in [-0.15, -0.1) is 0 Å². The van der Waals surface area contributed by atoms with Crippen LogP contribution in [0, 0.1) is 10.1 Å². The van der Waals surface area contributed by atoms with Crippen LogP contribution in [0.3, 0.4) is 0 Å². The average Bonchev–Trinajstić information content (AvgIpc) is 2.71. The fourth-order valence-corrected chi connectivity index (χ4v) is 2.43. The fourth-order valence-electron chi connectivity index (χ4n) is 2.43. The van der Waals surface area contributed by atoms with Crippen LogP contribution < -0.4 is 14.8 Å². The molecule has 2 amide bonds. The number of nitro groups is 1. The van der Waals surface area contributed by atoms with Crippen LogP contribution in [-0.2, 0) is 9.53 Å². The monoisotopic (exact) mass is 386 g/mol. The van der Waals surface area contributed by atoms with Crippen molar-refractivity contribution >= 4 is 23.5 Å². The normalized spacial score (nSPS) is 12.0. The van der Waals surface area contributed by atoms with Gasteiger partial charge in [0.15, 0.2) is 18.1 Å². The van der Waals surface area contributed by atoms with Gasteiger partial charge < -0.3 is 14.2 Å². The van der Waals surface area contributed by atoms with Gasteiger partial charge in [0.1, 0.15) is 18.8 Å². The number of rotatable bonds is 5. The van der Waals surface area contributed by atoms with Gasteiger partial charge in [0.2, 0.25) is 0 Å². The quantitative estimate of drug-likeness (QED) is 0.464. The first-order valence-electron chi connectivity index (χ1n) is 8.10. The predicted octanol–water partition coefficient (Wildman–Crippen LogP) is 1.48. The molecule has 2 aromatic carbocycles. The van der Waals surface area contributed by atoms with Crippen LogP contribution in [0.5, 0.6) is 11.5 Å². The molecule has 0 bridgehead atoms. The lowest BCUT2D eigenvalue weighted by Gasteiger charge is -2.18. The van der Waals surface area contributed by atoms with Gasteiger partial charge in [-0.2, -0.15) is 0 Å². The predicted molar refractivity (Wildman–Crippen MR) is 93.3 cm³/mol. The van der Waals surface area contributed by atoms with E-state index >= 15 is 0 Å². The molecule has 0 saturated heterocycles. The molecule has 0 saturated carbocycles. The Kier molecular flexibility index (Phi) is 5.49. The zero-order valence-corrected chi connectivity index (χ0v) is 14.4. The number of imide groups is 1. The third-order valence-corrected chi connectivity index (χ3v) is 3.70. The molecular formula is C18H14N2O8. The number of fused-ring (bicyclic) bond motifs is 1. The molecule has 144 valence electrons. The zero-order valence-electron chi connectivity index (χ0n) is 14.4. The Bertz CT molecular complexity index is 942. The number of nitro benzene ring substituents is 1. The van der Waals surface area contributed by atoms with E-state index in [-0.39, 0.29) is 30.3 Å². The van der Waals surface area contributed by atoms with Crippen LogP contribution in [0.1, 0.15) is 20.7 Å². The molecule has 28 heavy (non-hydrogen) atoms. The molecule has 1 heterocycles. The van der Waals surface area contributed by atoms with Crippen molar-refractivity contribution in [1.29, 1.82) is 0 Å². The summed E-state index contributed by atoms with van der Waals surface area (Å²) < 4.78 is 15.4. The van der Waals surface area contributed by atoms with Crippen molar-refractivity contribution in [1.82, 2.24) is 5.32 Å². The maximum Gasteiger partial charge on any atom is 0.345 e. The van der Waals surface area contributed by atoms with Crippen molar-refractivity contribution < 1.29 is 33.5 Å². The Morgan fingerprint density at radius 3 is 2.36 bits per heavy atom. The Balaban J connectivity index is 1.66. The van der Waals surface area contributed by atoms with Crippen molar-refractivity contribution in [2.75, 3.05) is 19.8 Å². The molecule has 0 radical (unpaired) electrons. The van der Waals surface area contributed by atoms with E-state index in [0.717, 1.165) is 12.1 Å². The zero-order chi connectivity index (χ0) is 20.1. The molecule has 0 aromatic heterocycles. The SMILES string of the molecule is O=C(COC(=O)c1cc2c(cc1[N+](=O)[O-])OCCO2)NC(=O)c1ccccc1. The molecule has 0 spiro atoms. The van der Waals surface area contributed by atoms with Gasteiger partial charge >= 0.3 is 5.97 Å². The van der Waals surface area contributed by atoms with Gasteiger partial charge in [-0.05, 0) is 12.1 Å². The highest BCUT2D eigenvalue weighted by Gasteiger charge is 2.28. The lowest BCUT2D eigenvalue weighted by atomic mass is 10.1. The molecule has 1 N–H and O–H groups in total. The molecule has 0 unspecified atom stereocenters. The summed E-state index contributed by atoms with van der Waals surface area (Å²) in [4.78, 5) is 46.4. The van der Waals surface area contributed by atoms with Gasteiger partial charge in [0.25, 0.3) is 17.5 Å². The van der Waals surface area contributed by atoms with Crippen LogP contribution in [-0.4, -0.2) is 42.5 Å². The average molecular weight is 386 g/mol. The van der Waals surface area contributed by atoms with Crippen LogP contribution in [0.4, 0.5) is 5.69 Å². The minimum Gasteiger partial charge on any atom is -0.486 e. The third kappa shape index (κ3) is 4.23. The molecule has 0 fully saturated rings. The summed E-state index contributed by atoms with van der Waals surface area (Å²) in [6, 6.07) is 10.2. The largest absolute Gasteiger partial charge is 0.486 e. The van der Waals surface area contributed by atoms with Crippen LogP contribution in [0.25, 0.3) is 0 Å². The lowest BCUT2D eigenvalue weighted by molar-refractivity contribution is -0.385. The van der Waals surface area contributed by atoms with E-state index in [2.05, 4.69) is 5.32 Å². The summed E-state index contributed by atoms with van der Waals surface area (Å²) in [5.74, 6) is -2.34. The van der Waals surface area contributed by atoms with Crippen molar-refractivity contribution in [2.45, 2.75) is 0 Å². The minimum atomic E-state index is -1.11. The number of carbonyl (C=O) groups is 3. The first kappa shape index (κ1) is 18.8. The van der Waals surface area contributed by atoms with Gasteiger partial charge in [0, 0.05) is 11.6 Å². The van der Waals surface area contributed by atoms with E-state index in [0.29, 0.717) is 0 Å².